The Kier molecular flexibility index (Phi) is 6.23. The van der Waals surface area contributed by atoms with Crippen LogP contribution in [0, 0.1) is 5.92 Å². The Labute approximate surface area is 203 Å². The van der Waals surface area contributed by atoms with Gasteiger partial charge in [0.25, 0.3) is 5.91 Å². The summed E-state index contributed by atoms with van der Waals surface area (Å²) < 4.78 is 5.56. The lowest BCUT2D eigenvalue weighted by Crippen LogP contribution is -2.50. The van der Waals surface area contributed by atoms with Gasteiger partial charge in [0.2, 0.25) is 0 Å². The number of rotatable bonds is 7. The second kappa shape index (κ2) is 9.62. The van der Waals surface area contributed by atoms with Gasteiger partial charge in [-0.2, -0.15) is 0 Å². The smallest absolute Gasteiger partial charge is 0.407 e. The topological polar surface area (TPSA) is 95.9 Å². The van der Waals surface area contributed by atoms with E-state index >= 15 is 0 Å². The van der Waals surface area contributed by atoms with Crippen molar-refractivity contribution in [2.75, 3.05) is 19.7 Å². The third-order valence-electron chi connectivity index (χ3n) is 6.69. The van der Waals surface area contributed by atoms with Gasteiger partial charge in [0, 0.05) is 37.0 Å². The molecule has 0 atom stereocenters. The summed E-state index contributed by atoms with van der Waals surface area (Å²) in [6, 6.07) is 23.4. The molecular weight excluding hydrogens is 444 g/mol. The van der Waals surface area contributed by atoms with Crippen LogP contribution in [0.2, 0.25) is 0 Å². The van der Waals surface area contributed by atoms with Gasteiger partial charge >= 0.3 is 12.1 Å². The normalized spacial score (nSPS) is 14.6. The molecule has 1 heterocycles. The van der Waals surface area contributed by atoms with Gasteiger partial charge in [-0.25, -0.2) is 4.79 Å². The number of carboxylic acids is 1. The first kappa shape index (κ1) is 22.7. The monoisotopic (exact) mass is 470 g/mol. The number of carbonyl (C=O) groups excluding carboxylic acids is 2. The van der Waals surface area contributed by atoms with Gasteiger partial charge in [-0.15, -0.1) is 0 Å². The summed E-state index contributed by atoms with van der Waals surface area (Å²) in [6.07, 6.45) is -0.401. The fourth-order valence-corrected chi connectivity index (χ4v) is 4.88. The molecule has 0 aromatic heterocycles. The third-order valence-corrected chi connectivity index (χ3v) is 6.69. The molecule has 3 aromatic rings. The van der Waals surface area contributed by atoms with Crippen molar-refractivity contribution in [1.29, 1.82) is 0 Å². The van der Waals surface area contributed by atoms with Gasteiger partial charge in [0.05, 0.1) is 6.42 Å². The standard InChI is InChI=1S/C28H26N2O5/c31-26(32)13-19-15-30(16-19)27(33)20-11-9-18(10-12-20)14-29-28(34)35-17-25-23-7-3-1-5-21(23)22-6-2-4-8-24(22)25/h1-12,19,25H,13-17H2,(H,29,34)(H,31,32). The highest BCUT2D eigenvalue weighted by Gasteiger charge is 2.32. The van der Waals surface area contributed by atoms with E-state index in [0.717, 1.165) is 5.56 Å². The van der Waals surface area contributed by atoms with Gasteiger partial charge in [-0.1, -0.05) is 60.7 Å². The van der Waals surface area contributed by atoms with Gasteiger partial charge in [0.1, 0.15) is 6.61 Å². The number of carbonyl (C=O) groups is 3. The zero-order valence-electron chi connectivity index (χ0n) is 19.1. The molecule has 3 aromatic carbocycles. The summed E-state index contributed by atoms with van der Waals surface area (Å²) in [4.78, 5) is 37.3. The van der Waals surface area contributed by atoms with Crippen molar-refractivity contribution in [2.24, 2.45) is 5.92 Å². The van der Waals surface area contributed by atoms with Crippen LogP contribution >= 0.6 is 0 Å². The van der Waals surface area contributed by atoms with E-state index < -0.39 is 12.1 Å². The van der Waals surface area contributed by atoms with E-state index in [1.165, 1.54) is 22.3 Å². The molecule has 0 bridgehead atoms. The van der Waals surface area contributed by atoms with Crippen LogP contribution in [0.4, 0.5) is 4.79 Å². The SMILES string of the molecule is O=C(O)CC1CN(C(=O)c2ccc(CNC(=O)OCC3c4ccccc4-c4ccccc43)cc2)C1. The zero-order chi connectivity index (χ0) is 24.4. The molecule has 178 valence electrons. The first-order valence-corrected chi connectivity index (χ1v) is 11.7. The number of alkyl carbamates (subject to hydrolysis) is 1. The first-order chi connectivity index (χ1) is 17.0. The molecule has 7 heteroatoms. The molecule has 1 aliphatic carbocycles. The van der Waals surface area contributed by atoms with Crippen LogP contribution in [0.25, 0.3) is 11.1 Å². The lowest BCUT2D eigenvalue weighted by atomic mass is 9.95. The molecule has 1 fully saturated rings. The van der Waals surface area contributed by atoms with Crippen LogP contribution in [0.15, 0.2) is 72.8 Å². The minimum absolute atomic E-state index is 0.00930. The van der Waals surface area contributed by atoms with Crippen LogP contribution in [-0.2, 0) is 16.1 Å². The predicted molar refractivity (Wildman–Crippen MR) is 130 cm³/mol. The predicted octanol–water partition coefficient (Wildman–Crippen LogP) is 4.27. The van der Waals surface area contributed by atoms with E-state index in [1.54, 1.807) is 29.2 Å². The minimum atomic E-state index is -0.838. The highest BCUT2D eigenvalue weighted by Crippen LogP contribution is 2.44. The molecule has 0 unspecified atom stereocenters. The zero-order valence-corrected chi connectivity index (χ0v) is 19.1. The average molecular weight is 471 g/mol. The number of hydrogen-bond donors (Lipinski definition) is 2. The summed E-state index contributed by atoms with van der Waals surface area (Å²) >= 11 is 0. The minimum Gasteiger partial charge on any atom is -0.481 e. The highest BCUT2D eigenvalue weighted by molar-refractivity contribution is 5.94. The summed E-state index contributed by atoms with van der Waals surface area (Å²) in [5.41, 5.74) is 6.09. The van der Waals surface area contributed by atoms with E-state index in [0.29, 0.717) is 18.7 Å². The van der Waals surface area contributed by atoms with Crippen molar-refractivity contribution in [2.45, 2.75) is 18.9 Å². The Morgan fingerprint density at radius 1 is 0.886 bits per heavy atom. The van der Waals surface area contributed by atoms with E-state index in [1.807, 2.05) is 24.3 Å². The quantitative estimate of drug-likeness (QED) is 0.538. The van der Waals surface area contributed by atoms with E-state index in [-0.39, 0.29) is 37.3 Å². The van der Waals surface area contributed by atoms with Gasteiger partial charge in [0.15, 0.2) is 0 Å². The number of likely N-dealkylation sites (tertiary alicyclic amines) is 1. The maximum Gasteiger partial charge on any atom is 0.407 e. The maximum atomic E-state index is 12.5. The number of benzene rings is 3. The third kappa shape index (κ3) is 4.75. The molecule has 7 nitrogen and oxygen atoms in total. The number of nitrogens with one attached hydrogen (secondary N) is 1. The highest BCUT2D eigenvalue weighted by atomic mass is 16.5. The lowest BCUT2D eigenvalue weighted by Gasteiger charge is -2.38. The van der Waals surface area contributed by atoms with Crippen LogP contribution in [0.1, 0.15) is 39.4 Å². The number of aliphatic carboxylic acids is 1. The average Bonchev–Trinajstić information content (AvgIpc) is 3.17. The van der Waals surface area contributed by atoms with E-state index in [2.05, 4.69) is 29.6 Å². The number of carboxylic acid groups (broad SMARTS) is 1. The second-order valence-corrected chi connectivity index (χ2v) is 9.05. The van der Waals surface area contributed by atoms with Crippen molar-refractivity contribution in [3.8, 4) is 11.1 Å². The molecule has 1 saturated heterocycles. The molecule has 1 aliphatic heterocycles. The molecule has 35 heavy (non-hydrogen) atoms. The lowest BCUT2D eigenvalue weighted by molar-refractivity contribution is -0.139. The van der Waals surface area contributed by atoms with Gasteiger partial charge in [-0.3, -0.25) is 9.59 Å². The molecular formula is C28H26N2O5. The number of amides is 2. The number of fused-ring (bicyclic) bond motifs is 3. The Bertz CT molecular complexity index is 1220. The Morgan fingerprint density at radius 3 is 2.09 bits per heavy atom. The molecule has 0 spiro atoms. The van der Waals surface area contributed by atoms with E-state index in [4.69, 9.17) is 9.84 Å². The van der Waals surface area contributed by atoms with Crippen molar-refractivity contribution >= 4 is 18.0 Å². The van der Waals surface area contributed by atoms with Gasteiger partial charge < -0.3 is 20.1 Å². The van der Waals surface area contributed by atoms with Crippen LogP contribution in [0.3, 0.4) is 0 Å². The fourth-order valence-electron chi connectivity index (χ4n) is 4.88. The Hall–Kier alpha value is -4.13. The molecule has 0 radical (unpaired) electrons. The van der Waals surface area contributed by atoms with Crippen molar-refractivity contribution < 1.29 is 24.2 Å². The Morgan fingerprint density at radius 2 is 1.49 bits per heavy atom. The van der Waals surface area contributed by atoms with Crippen LogP contribution in [0.5, 0.6) is 0 Å². The van der Waals surface area contributed by atoms with Crippen molar-refractivity contribution in [1.82, 2.24) is 10.2 Å². The number of nitrogens with zero attached hydrogens (tertiary/aromatic N) is 1. The second-order valence-electron chi connectivity index (χ2n) is 9.05. The molecule has 2 aliphatic rings. The largest absolute Gasteiger partial charge is 0.481 e. The molecule has 2 N–H and O–H groups in total. The number of ether oxygens (including phenoxy) is 1. The summed E-state index contributed by atoms with van der Waals surface area (Å²) in [7, 11) is 0. The Balaban J connectivity index is 1.11. The van der Waals surface area contributed by atoms with E-state index in [9.17, 15) is 14.4 Å². The van der Waals surface area contributed by atoms with Crippen molar-refractivity contribution in [3.63, 3.8) is 0 Å². The summed E-state index contributed by atoms with van der Waals surface area (Å²) in [5, 5.41) is 11.6. The number of hydrogen-bond acceptors (Lipinski definition) is 4. The van der Waals surface area contributed by atoms with Crippen LogP contribution in [-0.4, -0.2) is 47.7 Å². The van der Waals surface area contributed by atoms with Crippen LogP contribution < -0.4 is 5.32 Å². The maximum absolute atomic E-state index is 12.5. The van der Waals surface area contributed by atoms with Crippen molar-refractivity contribution in [3.05, 3.63) is 95.1 Å². The van der Waals surface area contributed by atoms with Gasteiger partial charge in [-0.05, 0) is 39.9 Å². The fraction of sp³-hybridized carbons (Fsp3) is 0.250. The molecule has 5 rings (SSSR count). The molecule has 2 amide bonds. The summed E-state index contributed by atoms with van der Waals surface area (Å²) in [6.45, 7) is 1.48. The first-order valence-electron chi connectivity index (χ1n) is 11.7. The summed E-state index contributed by atoms with van der Waals surface area (Å²) in [5.74, 6) is -0.912. The molecule has 0 saturated carbocycles.